The van der Waals surface area contributed by atoms with Crippen LogP contribution < -0.4 is 10.1 Å². The smallest absolute Gasteiger partial charge is 0.233 e. The average Bonchev–Trinajstić information content (AvgIpc) is 2.88. The van der Waals surface area contributed by atoms with Crippen molar-refractivity contribution in [3.8, 4) is 5.88 Å². The van der Waals surface area contributed by atoms with Crippen LogP contribution in [0.5, 0.6) is 5.88 Å². The molecule has 2 heterocycles. The summed E-state index contributed by atoms with van der Waals surface area (Å²) in [5.41, 5.74) is 1.77. The Bertz CT molecular complexity index is 572. The van der Waals surface area contributed by atoms with Crippen LogP contribution in [0, 0.1) is 0 Å². The maximum atomic E-state index is 5.12. The van der Waals surface area contributed by atoms with Crippen molar-refractivity contribution >= 4 is 15.9 Å². The molecule has 0 radical (unpaired) electrons. The van der Waals surface area contributed by atoms with Crippen LogP contribution in [0.2, 0.25) is 0 Å². The highest BCUT2D eigenvalue weighted by Crippen LogP contribution is 2.27. The molecule has 7 nitrogen and oxygen atoms in total. The van der Waals surface area contributed by atoms with Crippen molar-refractivity contribution in [1.29, 1.82) is 0 Å². The molecule has 2 rings (SSSR count). The molecule has 1 N–H and O–H groups in total. The van der Waals surface area contributed by atoms with Gasteiger partial charge in [-0.15, -0.1) is 10.2 Å². The molecule has 0 saturated heterocycles. The van der Waals surface area contributed by atoms with Gasteiger partial charge in [0.15, 0.2) is 0 Å². The van der Waals surface area contributed by atoms with Crippen LogP contribution in [0.1, 0.15) is 17.4 Å². The molecule has 0 bridgehead atoms. The third kappa shape index (κ3) is 3.58. The number of hydrogen-bond acceptors (Lipinski definition) is 6. The summed E-state index contributed by atoms with van der Waals surface area (Å²) in [4.78, 5) is 0. The fraction of sp³-hybridized carbons (Fsp3) is 0.462. The molecule has 2 aromatic heterocycles. The van der Waals surface area contributed by atoms with Crippen molar-refractivity contribution in [1.82, 2.24) is 25.3 Å². The molecule has 0 aliphatic carbocycles. The SMILES string of the molecule is CNC(c1ccc(OC)nn1)c1c(Br)cnn1CCOC. The maximum absolute atomic E-state index is 5.12. The predicted octanol–water partition coefficient (Wildman–Crippen LogP) is 1.40. The van der Waals surface area contributed by atoms with Crippen LogP contribution in [0.4, 0.5) is 0 Å². The van der Waals surface area contributed by atoms with E-state index in [0.717, 1.165) is 15.9 Å². The summed E-state index contributed by atoms with van der Waals surface area (Å²) >= 11 is 3.54. The first-order valence-corrected chi connectivity index (χ1v) is 7.25. The topological polar surface area (TPSA) is 74.1 Å². The van der Waals surface area contributed by atoms with Gasteiger partial charge in [0.25, 0.3) is 0 Å². The molecule has 2 aromatic rings. The van der Waals surface area contributed by atoms with E-state index in [1.807, 2.05) is 17.8 Å². The highest BCUT2D eigenvalue weighted by Gasteiger charge is 2.22. The standard InChI is InChI=1S/C13H18BrN5O2/c1-15-12(10-4-5-11(21-3)18-17-10)13-9(14)8-16-19(13)6-7-20-2/h4-5,8,12,15H,6-7H2,1-3H3. The van der Waals surface area contributed by atoms with Gasteiger partial charge in [-0.3, -0.25) is 4.68 Å². The van der Waals surface area contributed by atoms with Crippen molar-refractivity contribution in [2.75, 3.05) is 27.9 Å². The number of hydrogen-bond donors (Lipinski definition) is 1. The Labute approximate surface area is 131 Å². The number of nitrogens with one attached hydrogen (secondary N) is 1. The molecule has 0 fully saturated rings. The lowest BCUT2D eigenvalue weighted by molar-refractivity contribution is 0.182. The molecular weight excluding hydrogens is 338 g/mol. The van der Waals surface area contributed by atoms with E-state index >= 15 is 0 Å². The normalized spacial score (nSPS) is 12.4. The van der Waals surface area contributed by atoms with Gasteiger partial charge in [-0.1, -0.05) is 0 Å². The minimum absolute atomic E-state index is 0.128. The molecule has 0 aromatic carbocycles. The van der Waals surface area contributed by atoms with Gasteiger partial charge < -0.3 is 14.8 Å². The van der Waals surface area contributed by atoms with Gasteiger partial charge in [-0.05, 0) is 29.0 Å². The molecular formula is C13H18BrN5O2. The van der Waals surface area contributed by atoms with Crippen LogP contribution >= 0.6 is 15.9 Å². The third-order valence-electron chi connectivity index (χ3n) is 3.07. The molecule has 0 spiro atoms. The summed E-state index contributed by atoms with van der Waals surface area (Å²) in [6, 6.07) is 3.54. The van der Waals surface area contributed by atoms with Crippen molar-refractivity contribution < 1.29 is 9.47 Å². The van der Waals surface area contributed by atoms with E-state index in [0.29, 0.717) is 19.0 Å². The second-order valence-corrected chi connectivity index (χ2v) is 5.17. The van der Waals surface area contributed by atoms with Crippen molar-refractivity contribution in [2.45, 2.75) is 12.6 Å². The molecule has 8 heteroatoms. The molecule has 0 aliphatic rings. The highest BCUT2D eigenvalue weighted by atomic mass is 79.9. The van der Waals surface area contributed by atoms with Crippen LogP contribution in [0.25, 0.3) is 0 Å². The van der Waals surface area contributed by atoms with Crippen LogP contribution in [0.15, 0.2) is 22.8 Å². The number of ether oxygens (including phenoxy) is 2. The van der Waals surface area contributed by atoms with E-state index < -0.39 is 0 Å². The van der Waals surface area contributed by atoms with Gasteiger partial charge in [-0.25, -0.2) is 0 Å². The monoisotopic (exact) mass is 355 g/mol. The fourth-order valence-corrected chi connectivity index (χ4v) is 2.56. The molecule has 21 heavy (non-hydrogen) atoms. The van der Waals surface area contributed by atoms with E-state index in [4.69, 9.17) is 9.47 Å². The van der Waals surface area contributed by atoms with E-state index in [1.54, 1.807) is 26.5 Å². The Morgan fingerprint density at radius 1 is 1.33 bits per heavy atom. The summed E-state index contributed by atoms with van der Waals surface area (Å²) in [7, 11) is 5.11. The number of rotatable bonds is 7. The Balaban J connectivity index is 2.33. The molecule has 0 amide bonds. The fourth-order valence-electron chi connectivity index (χ4n) is 2.03. The summed E-state index contributed by atoms with van der Waals surface area (Å²) in [6.45, 7) is 1.26. The molecule has 1 atom stereocenters. The first-order chi connectivity index (χ1) is 10.2. The lowest BCUT2D eigenvalue weighted by atomic mass is 10.1. The van der Waals surface area contributed by atoms with Gasteiger partial charge in [0.05, 0.1) is 48.4 Å². The van der Waals surface area contributed by atoms with Gasteiger partial charge in [0.2, 0.25) is 5.88 Å². The van der Waals surface area contributed by atoms with E-state index in [2.05, 4.69) is 36.5 Å². The van der Waals surface area contributed by atoms with Crippen LogP contribution in [0.3, 0.4) is 0 Å². The van der Waals surface area contributed by atoms with Crippen molar-refractivity contribution in [3.63, 3.8) is 0 Å². The summed E-state index contributed by atoms with van der Waals surface area (Å²) in [6.07, 6.45) is 1.77. The molecule has 1 unspecified atom stereocenters. The zero-order chi connectivity index (χ0) is 15.2. The number of methoxy groups -OCH3 is 2. The minimum Gasteiger partial charge on any atom is -0.480 e. The van der Waals surface area contributed by atoms with Crippen molar-refractivity contribution in [2.24, 2.45) is 0 Å². The predicted molar refractivity (Wildman–Crippen MR) is 81.3 cm³/mol. The third-order valence-corrected chi connectivity index (χ3v) is 3.68. The molecule has 0 saturated carbocycles. The first kappa shape index (κ1) is 15.9. The zero-order valence-corrected chi connectivity index (χ0v) is 13.8. The number of aromatic nitrogens is 4. The average molecular weight is 356 g/mol. The number of halogens is 1. The Morgan fingerprint density at radius 2 is 2.14 bits per heavy atom. The van der Waals surface area contributed by atoms with E-state index in [9.17, 15) is 0 Å². The summed E-state index contributed by atoms with van der Waals surface area (Å²) in [5, 5.41) is 15.8. The van der Waals surface area contributed by atoms with Crippen LogP contribution in [-0.2, 0) is 11.3 Å². The lowest BCUT2D eigenvalue weighted by Gasteiger charge is -2.18. The maximum Gasteiger partial charge on any atom is 0.233 e. The zero-order valence-electron chi connectivity index (χ0n) is 12.2. The highest BCUT2D eigenvalue weighted by molar-refractivity contribution is 9.10. The van der Waals surface area contributed by atoms with E-state index in [-0.39, 0.29) is 6.04 Å². The van der Waals surface area contributed by atoms with Gasteiger partial charge >= 0.3 is 0 Å². The Hall–Kier alpha value is -1.51. The van der Waals surface area contributed by atoms with E-state index in [1.165, 1.54) is 0 Å². The molecule has 0 aliphatic heterocycles. The second kappa shape index (κ2) is 7.48. The first-order valence-electron chi connectivity index (χ1n) is 6.46. The quantitative estimate of drug-likeness (QED) is 0.809. The van der Waals surface area contributed by atoms with Crippen LogP contribution in [-0.4, -0.2) is 47.9 Å². The minimum atomic E-state index is -0.128. The van der Waals surface area contributed by atoms with Gasteiger partial charge in [-0.2, -0.15) is 5.10 Å². The second-order valence-electron chi connectivity index (χ2n) is 4.32. The number of nitrogens with zero attached hydrogens (tertiary/aromatic N) is 4. The summed E-state index contributed by atoms with van der Waals surface area (Å²) < 4.78 is 13.0. The molecule has 114 valence electrons. The van der Waals surface area contributed by atoms with Crippen molar-refractivity contribution in [3.05, 3.63) is 34.2 Å². The summed E-state index contributed by atoms with van der Waals surface area (Å²) in [5.74, 6) is 0.487. The lowest BCUT2D eigenvalue weighted by Crippen LogP contribution is -2.24. The Kier molecular flexibility index (Phi) is 5.66. The largest absolute Gasteiger partial charge is 0.480 e. The van der Waals surface area contributed by atoms with Gasteiger partial charge in [0, 0.05) is 13.2 Å². The van der Waals surface area contributed by atoms with Gasteiger partial charge in [0.1, 0.15) is 0 Å². The Morgan fingerprint density at radius 3 is 2.71 bits per heavy atom.